The van der Waals surface area contributed by atoms with Crippen LogP contribution >= 0.6 is 11.3 Å². The average molecular weight is 436 g/mol. The summed E-state index contributed by atoms with van der Waals surface area (Å²) < 4.78 is 27.4. The Morgan fingerprint density at radius 3 is 2.34 bits per heavy atom. The molecular formula is C21H29N3O3S2. The highest BCUT2D eigenvalue weighted by Gasteiger charge is 2.25. The van der Waals surface area contributed by atoms with E-state index in [1.807, 2.05) is 39.8 Å². The minimum Gasteiger partial charge on any atom is -0.370 e. The topological polar surface area (TPSA) is 69.7 Å². The summed E-state index contributed by atoms with van der Waals surface area (Å²) in [6, 6.07) is 6.95. The number of aryl methyl sites for hydroxylation is 2. The van der Waals surface area contributed by atoms with Crippen molar-refractivity contribution in [1.82, 2.24) is 4.31 Å². The summed E-state index contributed by atoms with van der Waals surface area (Å²) in [5.74, 6) is -0.205. The van der Waals surface area contributed by atoms with Crippen molar-refractivity contribution in [3.63, 3.8) is 0 Å². The van der Waals surface area contributed by atoms with Gasteiger partial charge in [-0.1, -0.05) is 13.8 Å². The summed E-state index contributed by atoms with van der Waals surface area (Å²) in [5, 5.41) is 2.98. The Balaban J connectivity index is 2.00. The van der Waals surface area contributed by atoms with Crippen molar-refractivity contribution in [3.8, 4) is 0 Å². The van der Waals surface area contributed by atoms with Crippen LogP contribution < -0.4 is 10.2 Å². The Hall–Kier alpha value is -1.90. The molecule has 0 saturated carbocycles. The number of hydrogen-bond acceptors (Lipinski definition) is 5. The first-order chi connectivity index (χ1) is 13.8. The average Bonchev–Trinajstić information content (AvgIpc) is 3.33. The minimum absolute atomic E-state index is 0.205. The number of nitrogens with zero attached hydrogens (tertiary/aromatic N) is 2. The van der Waals surface area contributed by atoms with Gasteiger partial charge < -0.3 is 10.2 Å². The van der Waals surface area contributed by atoms with E-state index >= 15 is 0 Å². The molecule has 2 aromatic rings. The zero-order chi connectivity index (χ0) is 21.2. The SMILES string of the molecule is CCN(CC)S(=O)(=O)c1ccc(N2CCCC2)c(NC(=O)c2cc(C)c(C)s2)c1. The van der Waals surface area contributed by atoms with Crippen molar-refractivity contribution in [2.45, 2.75) is 45.4 Å². The molecule has 1 aromatic carbocycles. The van der Waals surface area contributed by atoms with Crippen LogP contribution in [-0.2, 0) is 10.0 Å². The van der Waals surface area contributed by atoms with Gasteiger partial charge in [0.25, 0.3) is 5.91 Å². The van der Waals surface area contributed by atoms with E-state index in [-0.39, 0.29) is 10.8 Å². The van der Waals surface area contributed by atoms with Crippen molar-refractivity contribution in [3.05, 3.63) is 39.6 Å². The third kappa shape index (κ3) is 4.49. The van der Waals surface area contributed by atoms with Crippen LogP contribution in [0.1, 0.15) is 46.8 Å². The highest BCUT2D eigenvalue weighted by molar-refractivity contribution is 7.89. The number of benzene rings is 1. The molecule has 2 heterocycles. The van der Waals surface area contributed by atoms with Gasteiger partial charge in [-0.15, -0.1) is 11.3 Å². The molecule has 1 aromatic heterocycles. The molecule has 0 spiro atoms. The number of sulfonamides is 1. The molecule has 0 unspecified atom stereocenters. The molecule has 1 fully saturated rings. The largest absolute Gasteiger partial charge is 0.370 e. The maximum atomic E-state index is 13.0. The molecule has 1 N–H and O–H groups in total. The Morgan fingerprint density at radius 2 is 1.79 bits per heavy atom. The van der Waals surface area contributed by atoms with Gasteiger partial charge in [0.15, 0.2) is 0 Å². The number of rotatable bonds is 7. The molecule has 1 amide bonds. The molecule has 0 bridgehead atoms. The van der Waals surface area contributed by atoms with Crippen molar-refractivity contribution >= 4 is 38.6 Å². The highest BCUT2D eigenvalue weighted by Crippen LogP contribution is 2.33. The lowest BCUT2D eigenvalue weighted by molar-refractivity contribution is 0.103. The van der Waals surface area contributed by atoms with E-state index in [2.05, 4.69) is 10.2 Å². The van der Waals surface area contributed by atoms with Crippen LogP contribution in [0.25, 0.3) is 0 Å². The second-order valence-electron chi connectivity index (χ2n) is 7.27. The third-order valence-corrected chi connectivity index (χ3v) is 8.59. The summed E-state index contributed by atoms with van der Waals surface area (Å²) in [6.45, 7) is 10.2. The first-order valence-electron chi connectivity index (χ1n) is 10.1. The van der Waals surface area contributed by atoms with Crippen LogP contribution in [0.4, 0.5) is 11.4 Å². The third-order valence-electron chi connectivity index (χ3n) is 5.40. The summed E-state index contributed by atoms with van der Waals surface area (Å²) in [4.78, 5) is 17.0. The van der Waals surface area contributed by atoms with Gasteiger partial charge in [-0.2, -0.15) is 4.31 Å². The predicted molar refractivity (Wildman–Crippen MR) is 120 cm³/mol. The standard InChI is InChI=1S/C21H29N3O3S2/c1-5-24(6-2)29(26,27)17-9-10-19(23-11-7-8-12-23)18(14-17)22-21(25)20-13-15(3)16(4)28-20/h9-10,13-14H,5-8,11-12H2,1-4H3,(H,22,25). The summed E-state index contributed by atoms with van der Waals surface area (Å²) >= 11 is 1.45. The second-order valence-corrected chi connectivity index (χ2v) is 10.5. The Morgan fingerprint density at radius 1 is 1.14 bits per heavy atom. The predicted octanol–water partition coefficient (Wildman–Crippen LogP) is 4.25. The second kappa shape index (κ2) is 8.85. The van der Waals surface area contributed by atoms with Gasteiger partial charge in [0.05, 0.1) is 21.1 Å². The Kier molecular flexibility index (Phi) is 6.65. The number of amides is 1. The van der Waals surface area contributed by atoms with Gasteiger partial charge in [0, 0.05) is 31.1 Å². The molecule has 158 valence electrons. The maximum Gasteiger partial charge on any atom is 0.265 e. The molecule has 0 radical (unpaired) electrons. The Labute approximate surface area is 177 Å². The molecule has 1 aliphatic rings. The number of carbonyl (C=O) groups excluding carboxylic acids is 1. The van der Waals surface area contributed by atoms with Gasteiger partial charge in [0.1, 0.15) is 0 Å². The van der Waals surface area contributed by atoms with Crippen LogP contribution in [0, 0.1) is 13.8 Å². The van der Waals surface area contributed by atoms with E-state index in [1.54, 1.807) is 12.1 Å². The number of carbonyl (C=O) groups is 1. The quantitative estimate of drug-likeness (QED) is 0.706. The summed E-state index contributed by atoms with van der Waals surface area (Å²) in [7, 11) is -3.60. The number of anilines is 2. The van der Waals surface area contributed by atoms with Crippen molar-refractivity contribution in [2.75, 3.05) is 36.4 Å². The number of hydrogen-bond donors (Lipinski definition) is 1. The molecule has 6 nitrogen and oxygen atoms in total. The van der Waals surface area contributed by atoms with Gasteiger partial charge >= 0.3 is 0 Å². The van der Waals surface area contributed by atoms with Gasteiger partial charge in [-0.25, -0.2) is 8.42 Å². The van der Waals surface area contributed by atoms with Crippen molar-refractivity contribution in [2.24, 2.45) is 0 Å². The lowest BCUT2D eigenvalue weighted by Gasteiger charge is -2.24. The van der Waals surface area contributed by atoms with Gasteiger partial charge in [-0.05, 0) is 56.5 Å². The minimum atomic E-state index is -3.60. The fourth-order valence-electron chi connectivity index (χ4n) is 3.59. The van der Waals surface area contributed by atoms with E-state index in [0.29, 0.717) is 23.7 Å². The lowest BCUT2D eigenvalue weighted by atomic mass is 10.2. The summed E-state index contributed by atoms with van der Waals surface area (Å²) in [5.41, 5.74) is 2.51. The molecular weight excluding hydrogens is 406 g/mol. The molecule has 0 atom stereocenters. The van der Waals surface area contributed by atoms with Gasteiger partial charge in [-0.3, -0.25) is 4.79 Å². The zero-order valence-corrected chi connectivity index (χ0v) is 19.1. The van der Waals surface area contributed by atoms with Crippen LogP contribution in [0.3, 0.4) is 0 Å². The number of nitrogens with one attached hydrogen (secondary N) is 1. The molecule has 1 aliphatic heterocycles. The zero-order valence-electron chi connectivity index (χ0n) is 17.5. The molecule has 29 heavy (non-hydrogen) atoms. The fourth-order valence-corrected chi connectivity index (χ4v) is 6.01. The van der Waals surface area contributed by atoms with E-state index in [4.69, 9.17) is 0 Å². The van der Waals surface area contributed by atoms with Crippen molar-refractivity contribution < 1.29 is 13.2 Å². The van der Waals surface area contributed by atoms with Gasteiger partial charge in [0.2, 0.25) is 10.0 Å². The highest BCUT2D eigenvalue weighted by atomic mass is 32.2. The first kappa shape index (κ1) is 21.8. The smallest absolute Gasteiger partial charge is 0.265 e. The van der Waals surface area contributed by atoms with E-state index in [1.165, 1.54) is 15.6 Å². The van der Waals surface area contributed by atoms with E-state index in [9.17, 15) is 13.2 Å². The van der Waals surface area contributed by atoms with E-state index in [0.717, 1.165) is 42.1 Å². The van der Waals surface area contributed by atoms with Crippen LogP contribution in [0.2, 0.25) is 0 Å². The van der Waals surface area contributed by atoms with Crippen molar-refractivity contribution in [1.29, 1.82) is 0 Å². The monoisotopic (exact) mass is 435 g/mol. The van der Waals surface area contributed by atoms with E-state index < -0.39 is 10.0 Å². The lowest BCUT2D eigenvalue weighted by Crippen LogP contribution is -2.31. The normalized spacial score (nSPS) is 14.6. The van der Waals surface area contributed by atoms with Crippen LogP contribution in [0.15, 0.2) is 29.2 Å². The van der Waals surface area contributed by atoms with Crippen LogP contribution in [-0.4, -0.2) is 44.8 Å². The number of thiophene rings is 1. The molecule has 3 rings (SSSR count). The fraction of sp³-hybridized carbons (Fsp3) is 0.476. The van der Waals surface area contributed by atoms with Crippen LogP contribution in [0.5, 0.6) is 0 Å². The summed E-state index contributed by atoms with van der Waals surface area (Å²) in [6.07, 6.45) is 2.19. The maximum absolute atomic E-state index is 13.0. The Bertz CT molecular complexity index is 969. The molecule has 0 aliphatic carbocycles. The first-order valence-corrected chi connectivity index (χ1v) is 12.3. The molecule has 1 saturated heterocycles. The molecule has 8 heteroatoms.